The molecule has 0 spiro atoms. The number of aliphatic hydroxyl groups is 1. The van der Waals surface area contributed by atoms with Gasteiger partial charge in [-0.1, -0.05) is 0 Å². The van der Waals surface area contributed by atoms with Gasteiger partial charge in [0.15, 0.2) is 0 Å². The van der Waals surface area contributed by atoms with Crippen LogP contribution in [0.5, 0.6) is 0 Å². The van der Waals surface area contributed by atoms with Gasteiger partial charge in [0.2, 0.25) is 0 Å². The van der Waals surface area contributed by atoms with Crippen LogP contribution in [0.25, 0.3) is 0 Å². The van der Waals surface area contributed by atoms with Crippen molar-refractivity contribution in [2.45, 2.75) is 25.6 Å². The van der Waals surface area contributed by atoms with Crippen molar-refractivity contribution in [1.82, 2.24) is 4.90 Å². The van der Waals surface area contributed by atoms with Gasteiger partial charge in [-0.25, -0.2) is 0 Å². The standard InChI is InChI=1S/C10H21NO3/c1-3-14-8-9(12)6-11-5-4-10(7-11)13-2/h9-10,12H,3-8H2,1-2H3. The van der Waals surface area contributed by atoms with Crippen LogP contribution in [0, 0.1) is 0 Å². The molecule has 1 saturated heterocycles. The average Bonchev–Trinajstić information content (AvgIpc) is 2.62. The lowest BCUT2D eigenvalue weighted by atomic mass is 10.3. The number of hydrogen-bond donors (Lipinski definition) is 1. The van der Waals surface area contributed by atoms with E-state index in [1.165, 1.54) is 0 Å². The second-order valence-electron chi connectivity index (χ2n) is 3.72. The first-order chi connectivity index (χ1) is 6.76. The summed E-state index contributed by atoms with van der Waals surface area (Å²) in [4.78, 5) is 2.22. The summed E-state index contributed by atoms with van der Waals surface area (Å²) in [6, 6.07) is 0. The van der Waals surface area contributed by atoms with E-state index in [1.807, 2.05) is 6.92 Å². The number of hydrogen-bond acceptors (Lipinski definition) is 4. The van der Waals surface area contributed by atoms with Crippen molar-refractivity contribution in [2.75, 3.05) is 40.0 Å². The maximum atomic E-state index is 9.59. The second kappa shape index (κ2) is 6.35. The van der Waals surface area contributed by atoms with Crippen molar-refractivity contribution >= 4 is 0 Å². The fourth-order valence-corrected chi connectivity index (χ4v) is 1.76. The minimum absolute atomic E-state index is 0.342. The van der Waals surface area contributed by atoms with E-state index in [0.717, 1.165) is 19.5 Å². The van der Waals surface area contributed by atoms with Crippen molar-refractivity contribution < 1.29 is 14.6 Å². The molecule has 1 fully saturated rings. The molecular formula is C10H21NO3. The van der Waals surface area contributed by atoms with Gasteiger partial charge in [-0.05, 0) is 13.3 Å². The van der Waals surface area contributed by atoms with Crippen LogP contribution in [-0.2, 0) is 9.47 Å². The van der Waals surface area contributed by atoms with Crippen LogP contribution in [0.1, 0.15) is 13.3 Å². The molecule has 0 saturated carbocycles. The number of ether oxygens (including phenoxy) is 2. The summed E-state index contributed by atoms with van der Waals surface area (Å²) in [6.45, 7) is 5.67. The molecule has 0 aromatic rings. The van der Waals surface area contributed by atoms with Gasteiger partial charge in [-0.15, -0.1) is 0 Å². The Morgan fingerprint density at radius 1 is 1.57 bits per heavy atom. The first-order valence-corrected chi connectivity index (χ1v) is 5.27. The van der Waals surface area contributed by atoms with Gasteiger partial charge in [0, 0.05) is 33.4 Å². The Hall–Kier alpha value is -0.160. The number of rotatable bonds is 6. The fourth-order valence-electron chi connectivity index (χ4n) is 1.76. The van der Waals surface area contributed by atoms with Gasteiger partial charge < -0.3 is 14.6 Å². The maximum absolute atomic E-state index is 9.59. The van der Waals surface area contributed by atoms with Crippen molar-refractivity contribution in [1.29, 1.82) is 0 Å². The third kappa shape index (κ3) is 3.92. The molecule has 0 bridgehead atoms. The lowest BCUT2D eigenvalue weighted by Gasteiger charge is -2.19. The van der Waals surface area contributed by atoms with Crippen LogP contribution in [-0.4, -0.2) is 62.2 Å². The topological polar surface area (TPSA) is 41.9 Å². The molecule has 2 unspecified atom stereocenters. The molecule has 4 nitrogen and oxygen atoms in total. The zero-order chi connectivity index (χ0) is 10.4. The van der Waals surface area contributed by atoms with Crippen molar-refractivity contribution in [3.63, 3.8) is 0 Å². The zero-order valence-electron chi connectivity index (χ0n) is 9.11. The van der Waals surface area contributed by atoms with Crippen molar-refractivity contribution in [2.24, 2.45) is 0 Å². The lowest BCUT2D eigenvalue weighted by Crippen LogP contribution is -2.34. The van der Waals surface area contributed by atoms with Crippen LogP contribution in [0.15, 0.2) is 0 Å². The predicted molar refractivity (Wildman–Crippen MR) is 54.4 cm³/mol. The summed E-state index contributed by atoms with van der Waals surface area (Å²) in [6.07, 6.45) is 1.04. The van der Waals surface area contributed by atoms with Crippen molar-refractivity contribution in [3.8, 4) is 0 Å². The van der Waals surface area contributed by atoms with Crippen molar-refractivity contribution in [3.05, 3.63) is 0 Å². The second-order valence-corrected chi connectivity index (χ2v) is 3.72. The first kappa shape index (κ1) is 11.9. The van der Waals surface area contributed by atoms with E-state index in [2.05, 4.69) is 4.90 Å². The Labute approximate surface area is 85.8 Å². The van der Waals surface area contributed by atoms with E-state index >= 15 is 0 Å². The highest BCUT2D eigenvalue weighted by Gasteiger charge is 2.23. The van der Waals surface area contributed by atoms with Gasteiger partial charge in [-0.3, -0.25) is 4.90 Å². The predicted octanol–water partition coefficient (Wildman–Crippen LogP) is 0.105. The number of methoxy groups -OCH3 is 1. The van der Waals surface area contributed by atoms with E-state index in [4.69, 9.17) is 9.47 Å². The Morgan fingerprint density at radius 2 is 2.36 bits per heavy atom. The Morgan fingerprint density at radius 3 is 2.93 bits per heavy atom. The highest BCUT2D eigenvalue weighted by atomic mass is 16.5. The molecular weight excluding hydrogens is 182 g/mol. The smallest absolute Gasteiger partial charge is 0.0900 e. The molecule has 1 heterocycles. The molecule has 0 aliphatic carbocycles. The first-order valence-electron chi connectivity index (χ1n) is 5.27. The average molecular weight is 203 g/mol. The summed E-state index contributed by atoms with van der Waals surface area (Å²) >= 11 is 0. The van der Waals surface area contributed by atoms with E-state index < -0.39 is 0 Å². The van der Waals surface area contributed by atoms with E-state index in [-0.39, 0.29) is 6.10 Å². The fraction of sp³-hybridized carbons (Fsp3) is 1.00. The Kier molecular flexibility index (Phi) is 5.40. The summed E-state index contributed by atoms with van der Waals surface area (Å²) in [5, 5.41) is 9.59. The molecule has 2 atom stereocenters. The molecule has 0 aromatic heterocycles. The quantitative estimate of drug-likeness (QED) is 0.665. The molecule has 14 heavy (non-hydrogen) atoms. The summed E-state index contributed by atoms with van der Waals surface area (Å²) in [5.74, 6) is 0. The van der Waals surface area contributed by atoms with Gasteiger partial charge >= 0.3 is 0 Å². The van der Waals surface area contributed by atoms with Crippen LogP contribution in [0.4, 0.5) is 0 Å². The highest BCUT2D eigenvalue weighted by molar-refractivity contribution is 4.77. The minimum Gasteiger partial charge on any atom is -0.389 e. The minimum atomic E-state index is -0.370. The molecule has 0 amide bonds. The largest absolute Gasteiger partial charge is 0.389 e. The number of aliphatic hydroxyl groups excluding tert-OH is 1. The zero-order valence-corrected chi connectivity index (χ0v) is 9.11. The van der Waals surface area contributed by atoms with Gasteiger partial charge in [0.1, 0.15) is 0 Å². The molecule has 84 valence electrons. The summed E-state index contributed by atoms with van der Waals surface area (Å²) in [7, 11) is 1.74. The van der Waals surface area contributed by atoms with E-state index in [1.54, 1.807) is 7.11 Å². The SMILES string of the molecule is CCOCC(O)CN1CCC(OC)C1. The Bertz CT molecular complexity index is 154. The van der Waals surface area contributed by atoms with E-state index in [0.29, 0.717) is 25.9 Å². The van der Waals surface area contributed by atoms with Crippen LogP contribution >= 0.6 is 0 Å². The molecule has 0 radical (unpaired) electrons. The normalized spacial score (nSPS) is 25.5. The molecule has 1 rings (SSSR count). The maximum Gasteiger partial charge on any atom is 0.0900 e. The third-order valence-corrected chi connectivity index (χ3v) is 2.55. The lowest BCUT2D eigenvalue weighted by molar-refractivity contribution is 0.0217. The number of likely N-dealkylation sites (tertiary alicyclic amines) is 1. The molecule has 4 heteroatoms. The van der Waals surface area contributed by atoms with Gasteiger partial charge in [-0.2, -0.15) is 0 Å². The Balaban J connectivity index is 2.12. The van der Waals surface area contributed by atoms with Crippen LogP contribution < -0.4 is 0 Å². The van der Waals surface area contributed by atoms with Gasteiger partial charge in [0.05, 0.1) is 18.8 Å². The van der Waals surface area contributed by atoms with Crippen LogP contribution in [0.2, 0.25) is 0 Å². The molecule has 1 aliphatic heterocycles. The van der Waals surface area contributed by atoms with Gasteiger partial charge in [0.25, 0.3) is 0 Å². The summed E-state index contributed by atoms with van der Waals surface area (Å²) in [5.41, 5.74) is 0. The molecule has 0 aromatic carbocycles. The number of β-amino-alcohol motifs (C(OH)–C–C–N with tert-alkyl or cyclic N) is 1. The summed E-state index contributed by atoms with van der Waals surface area (Å²) < 4.78 is 10.4. The third-order valence-electron chi connectivity index (χ3n) is 2.55. The number of nitrogens with zero attached hydrogens (tertiary/aromatic N) is 1. The van der Waals surface area contributed by atoms with E-state index in [9.17, 15) is 5.11 Å². The molecule has 1 aliphatic rings. The molecule has 1 N–H and O–H groups in total. The highest BCUT2D eigenvalue weighted by Crippen LogP contribution is 2.11. The van der Waals surface area contributed by atoms with Crippen LogP contribution in [0.3, 0.4) is 0 Å². The monoisotopic (exact) mass is 203 g/mol.